The Morgan fingerprint density at radius 1 is 1.24 bits per heavy atom. The summed E-state index contributed by atoms with van der Waals surface area (Å²) in [4.78, 5) is 26.6. The molecule has 29 heavy (non-hydrogen) atoms. The van der Waals surface area contributed by atoms with Crippen molar-refractivity contribution >= 4 is 23.4 Å². The van der Waals surface area contributed by atoms with Gasteiger partial charge in [0.15, 0.2) is 0 Å². The molecule has 2 amide bonds. The summed E-state index contributed by atoms with van der Waals surface area (Å²) in [5.41, 5.74) is 1.46. The largest absolute Gasteiger partial charge is 0.489 e. The molecular formula is C22H29ClN2O4. The third-order valence-electron chi connectivity index (χ3n) is 5.37. The number of allylic oxidation sites excluding steroid dienone is 1. The quantitative estimate of drug-likeness (QED) is 0.684. The Balaban J connectivity index is 1.50. The molecule has 0 atom stereocenters. The van der Waals surface area contributed by atoms with Gasteiger partial charge in [0.2, 0.25) is 5.91 Å². The average molecular weight is 421 g/mol. The van der Waals surface area contributed by atoms with E-state index >= 15 is 0 Å². The summed E-state index contributed by atoms with van der Waals surface area (Å²) >= 11 is 6.33. The van der Waals surface area contributed by atoms with Crippen molar-refractivity contribution in [1.29, 1.82) is 0 Å². The summed E-state index contributed by atoms with van der Waals surface area (Å²) in [7, 11) is 1.59. The van der Waals surface area contributed by atoms with Crippen LogP contribution in [0, 0.1) is 0 Å². The van der Waals surface area contributed by atoms with Gasteiger partial charge < -0.3 is 19.7 Å². The Hall–Kier alpha value is -2.05. The summed E-state index contributed by atoms with van der Waals surface area (Å²) in [6.07, 6.45) is 7.86. The van der Waals surface area contributed by atoms with Crippen molar-refractivity contribution in [3.05, 3.63) is 40.4 Å². The lowest BCUT2D eigenvalue weighted by molar-refractivity contribution is -0.129. The topological polar surface area (TPSA) is 67.9 Å². The predicted octanol–water partition coefficient (Wildman–Crippen LogP) is 3.59. The number of piperidine rings is 1. The second-order valence-corrected chi connectivity index (χ2v) is 7.89. The van der Waals surface area contributed by atoms with E-state index in [9.17, 15) is 9.59 Å². The normalized spacial score (nSPS) is 17.6. The lowest BCUT2D eigenvalue weighted by Crippen LogP contribution is -2.42. The minimum absolute atomic E-state index is 0.0123. The molecule has 1 aliphatic heterocycles. The second kappa shape index (κ2) is 10.6. The van der Waals surface area contributed by atoms with Crippen LogP contribution in [0.5, 0.6) is 5.75 Å². The van der Waals surface area contributed by atoms with Crippen molar-refractivity contribution in [1.82, 2.24) is 10.2 Å². The second-order valence-electron chi connectivity index (χ2n) is 7.48. The number of nitrogens with one attached hydrogen (secondary N) is 1. The van der Waals surface area contributed by atoms with Crippen LogP contribution in [0.15, 0.2) is 29.8 Å². The Bertz CT molecular complexity index is 757. The Labute approximate surface area is 177 Å². The standard InChI is InChI=1S/C22H29ClN2O4/c1-28-14-11-24-21(26)17-7-8-20(19(23)15-17)29-18-9-12-25(13-10-18)22(27)16-5-3-2-4-6-16/h5,7-8,15,18H,2-4,6,9-14H2,1H3,(H,24,26). The number of carbonyl (C=O) groups is 2. The molecule has 0 saturated carbocycles. The number of hydrogen-bond donors (Lipinski definition) is 1. The molecule has 0 spiro atoms. The lowest BCUT2D eigenvalue weighted by atomic mass is 9.97. The highest BCUT2D eigenvalue weighted by molar-refractivity contribution is 6.32. The van der Waals surface area contributed by atoms with Crippen LogP contribution in [0.25, 0.3) is 0 Å². The number of hydrogen-bond acceptors (Lipinski definition) is 4. The smallest absolute Gasteiger partial charge is 0.251 e. The fourth-order valence-electron chi connectivity index (χ4n) is 3.70. The Morgan fingerprint density at radius 3 is 2.69 bits per heavy atom. The summed E-state index contributed by atoms with van der Waals surface area (Å²) in [5, 5.41) is 3.18. The van der Waals surface area contributed by atoms with Gasteiger partial charge in [0.1, 0.15) is 11.9 Å². The molecule has 0 radical (unpaired) electrons. The van der Waals surface area contributed by atoms with Crippen molar-refractivity contribution in [3.63, 3.8) is 0 Å². The zero-order valence-corrected chi connectivity index (χ0v) is 17.7. The van der Waals surface area contributed by atoms with Gasteiger partial charge in [-0.05, 0) is 43.9 Å². The molecular weight excluding hydrogens is 392 g/mol. The Morgan fingerprint density at radius 2 is 2.03 bits per heavy atom. The number of rotatable bonds is 7. The average Bonchev–Trinajstić information content (AvgIpc) is 2.76. The van der Waals surface area contributed by atoms with Gasteiger partial charge in [-0.15, -0.1) is 0 Å². The molecule has 2 aliphatic rings. The molecule has 1 aromatic carbocycles. The lowest BCUT2D eigenvalue weighted by Gasteiger charge is -2.33. The number of ether oxygens (including phenoxy) is 2. The van der Waals surface area contributed by atoms with Crippen molar-refractivity contribution < 1.29 is 19.1 Å². The van der Waals surface area contributed by atoms with Crippen LogP contribution in [0.1, 0.15) is 48.9 Å². The van der Waals surface area contributed by atoms with E-state index in [2.05, 4.69) is 11.4 Å². The maximum atomic E-state index is 12.6. The zero-order valence-electron chi connectivity index (χ0n) is 16.9. The van der Waals surface area contributed by atoms with Crippen molar-refractivity contribution in [3.8, 4) is 5.75 Å². The highest BCUT2D eigenvalue weighted by Gasteiger charge is 2.26. The summed E-state index contributed by atoms with van der Waals surface area (Å²) in [6, 6.07) is 5.06. The SMILES string of the molecule is COCCNC(=O)c1ccc(OC2CCN(C(=O)C3=CCCCC3)CC2)c(Cl)c1. The maximum Gasteiger partial charge on any atom is 0.251 e. The molecule has 158 valence electrons. The van der Waals surface area contributed by atoms with Gasteiger partial charge in [0.05, 0.1) is 11.6 Å². The van der Waals surface area contributed by atoms with Gasteiger partial charge in [-0.25, -0.2) is 0 Å². The molecule has 3 rings (SSSR count). The van der Waals surface area contributed by atoms with Crippen LogP contribution in [0.3, 0.4) is 0 Å². The minimum Gasteiger partial charge on any atom is -0.489 e. The van der Waals surface area contributed by atoms with Crippen LogP contribution >= 0.6 is 11.6 Å². The van der Waals surface area contributed by atoms with Crippen molar-refractivity contribution in [2.75, 3.05) is 33.4 Å². The summed E-state index contributed by atoms with van der Waals surface area (Å²) in [6.45, 7) is 2.29. The molecule has 1 N–H and O–H groups in total. The first-order chi connectivity index (χ1) is 14.1. The Kier molecular flexibility index (Phi) is 7.95. The van der Waals surface area contributed by atoms with E-state index in [0.717, 1.165) is 37.7 Å². The van der Waals surface area contributed by atoms with Gasteiger partial charge >= 0.3 is 0 Å². The van der Waals surface area contributed by atoms with E-state index in [-0.39, 0.29) is 17.9 Å². The monoisotopic (exact) mass is 420 g/mol. The predicted molar refractivity (Wildman–Crippen MR) is 112 cm³/mol. The molecule has 1 fully saturated rings. The molecule has 0 unspecified atom stereocenters. The molecule has 6 nitrogen and oxygen atoms in total. The highest BCUT2D eigenvalue weighted by Crippen LogP contribution is 2.29. The van der Waals surface area contributed by atoms with Gasteiger partial charge in [0.25, 0.3) is 5.91 Å². The van der Waals surface area contributed by atoms with E-state index in [0.29, 0.717) is 42.6 Å². The molecule has 1 saturated heterocycles. The summed E-state index contributed by atoms with van der Waals surface area (Å²) < 4.78 is 11.0. The van der Waals surface area contributed by atoms with Crippen LogP contribution in [-0.4, -0.2) is 56.2 Å². The van der Waals surface area contributed by atoms with Gasteiger partial charge in [0, 0.05) is 50.7 Å². The van der Waals surface area contributed by atoms with E-state index in [1.165, 1.54) is 6.42 Å². The van der Waals surface area contributed by atoms with E-state index in [4.69, 9.17) is 21.1 Å². The van der Waals surface area contributed by atoms with E-state index < -0.39 is 0 Å². The van der Waals surface area contributed by atoms with Crippen LogP contribution in [0.4, 0.5) is 0 Å². The van der Waals surface area contributed by atoms with E-state index in [1.807, 2.05) is 4.90 Å². The number of carbonyl (C=O) groups excluding carboxylic acids is 2. The first-order valence-corrected chi connectivity index (χ1v) is 10.7. The number of benzene rings is 1. The molecule has 7 heteroatoms. The van der Waals surface area contributed by atoms with Crippen molar-refractivity contribution in [2.45, 2.75) is 44.6 Å². The fourth-order valence-corrected chi connectivity index (χ4v) is 3.92. The number of methoxy groups -OCH3 is 1. The number of amides is 2. The first-order valence-electron chi connectivity index (χ1n) is 10.3. The molecule has 0 bridgehead atoms. The van der Waals surface area contributed by atoms with Crippen LogP contribution < -0.4 is 10.1 Å². The molecule has 1 heterocycles. The zero-order chi connectivity index (χ0) is 20.6. The summed E-state index contributed by atoms with van der Waals surface area (Å²) in [5.74, 6) is 0.559. The van der Waals surface area contributed by atoms with Crippen molar-refractivity contribution in [2.24, 2.45) is 0 Å². The first kappa shape index (κ1) is 21.7. The number of likely N-dealkylation sites (tertiary alicyclic amines) is 1. The number of nitrogens with zero attached hydrogens (tertiary/aromatic N) is 1. The minimum atomic E-state index is -0.195. The molecule has 1 aromatic rings. The van der Waals surface area contributed by atoms with Crippen LogP contribution in [0.2, 0.25) is 5.02 Å². The fraction of sp³-hybridized carbons (Fsp3) is 0.545. The maximum absolute atomic E-state index is 12.6. The highest BCUT2D eigenvalue weighted by atomic mass is 35.5. The third-order valence-corrected chi connectivity index (χ3v) is 5.67. The van der Waals surface area contributed by atoms with Gasteiger partial charge in [-0.2, -0.15) is 0 Å². The van der Waals surface area contributed by atoms with E-state index in [1.54, 1.807) is 25.3 Å². The molecule has 1 aliphatic carbocycles. The number of halogens is 1. The van der Waals surface area contributed by atoms with Gasteiger partial charge in [-0.1, -0.05) is 17.7 Å². The third kappa shape index (κ3) is 5.97. The van der Waals surface area contributed by atoms with Crippen LogP contribution in [-0.2, 0) is 9.53 Å². The van der Waals surface area contributed by atoms with Gasteiger partial charge in [-0.3, -0.25) is 9.59 Å². The molecule has 0 aromatic heterocycles.